The number of carbonyl (C=O) groups is 3. The van der Waals surface area contributed by atoms with E-state index in [1.54, 1.807) is 36.4 Å². The number of amides is 2. The van der Waals surface area contributed by atoms with Crippen molar-refractivity contribution < 1.29 is 23.9 Å². The molecule has 8 heteroatoms. The van der Waals surface area contributed by atoms with Crippen molar-refractivity contribution in [3.63, 3.8) is 0 Å². The van der Waals surface area contributed by atoms with Gasteiger partial charge >= 0.3 is 5.97 Å². The third-order valence-corrected chi connectivity index (χ3v) is 3.60. The van der Waals surface area contributed by atoms with Crippen LogP contribution in [0.4, 0.5) is 0 Å². The van der Waals surface area contributed by atoms with Gasteiger partial charge in [-0.2, -0.15) is 5.10 Å². The number of esters is 1. The lowest BCUT2D eigenvalue weighted by molar-refractivity contribution is -0.123. The number of aromatic amines is 1. The number of para-hydroxylation sites is 1. The van der Waals surface area contributed by atoms with E-state index < -0.39 is 24.4 Å². The van der Waals surface area contributed by atoms with Crippen LogP contribution in [0.1, 0.15) is 20.8 Å². The zero-order valence-corrected chi connectivity index (χ0v) is 13.8. The first-order valence-electron chi connectivity index (χ1n) is 7.67. The molecule has 0 aliphatic carbocycles. The highest BCUT2D eigenvalue weighted by molar-refractivity contribution is 6.06. The van der Waals surface area contributed by atoms with Crippen molar-refractivity contribution in [2.75, 3.05) is 13.7 Å². The second kappa shape index (κ2) is 7.47. The molecule has 0 spiro atoms. The minimum absolute atomic E-state index is 0.0786. The second-order valence-corrected chi connectivity index (χ2v) is 5.30. The molecule has 0 saturated heterocycles. The summed E-state index contributed by atoms with van der Waals surface area (Å²) in [6.07, 6.45) is 0. The normalized spacial score (nSPS) is 10.3. The molecule has 1 aromatic heterocycles. The standard InChI is InChI=1S/C18H15N3O5/c1-25-12-8-6-11(7-9-12)17(23)19-15(22)10-26-18(24)16-13-4-2-3-5-14(13)20-21-16/h2-9H,10H2,1H3,(H,20,21)(H,19,22,23). The summed E-state index contributed by atoms with van der Waals surface area (Å²) in [6.45, 7) is -0.595. The molecule has 2 amide bonds. The molecule has 26 heavy (non-hydrogen) atoms. The van der Waals surface area contributed by atoms with Gasteiger partial charge in [0.15, 0.2) is 12.3 Å². The Bertz CT molecular complexity index is 962. The van der Waals surface area contributed by atoms with Gasteiger partial charge in [0.1, 0.15) is 5.75 Å². The number of rotatable bonds is 5. The number of carbonyl (C=O) groups excluding carboxylic acids is 3. The number of hydrogen-bond donors (Lipinski definition) is 2. The lowest BCUT2D eigenvalue weighted by Crippen LogP contribution is -2.34. The number of benzene rings is 2. The number of aromatic nitrogens is 2. The largest absolute Gasteiger partial charge is 0.497 e. The molecule has 0 aliphatic heterocycles. The summed E-state index contributed by atoms with van der Waals surface area (Å²) in [5, 5.41) is 9.33. The number of nitrogens with zero attached hydrogens (tertiary/aromatic N) is 1. The van der Waals surface area contributed by atoms with Crippen molar-refractivity contribution >= 4 is 28.7 Å². The van der Waals surface area contributed by atoms with Crippen molar-refractivity contribution in [3.8, 4) is 5.75 Å². The Labute approximate surface area is 148 Å². The van der Waals surface area contributed by atoms with Crippen molar-refractivity contribution in [2.24, 2.45) is 0 Å². The molecule has 3 aromatic rings. The fourth-order valence-corrected chi connectivity index (χ4v) is 2.30. The predicted octanol–water partition coefficient (Wildman–Crippen LogP) is 1.68. The van der Waals surface area contributed by atoms with E-state index in [2.05, 4.69) is 15.5 Å². The van der Waals surface area contributed by atoms with E-state index >= 15 is 0 Å². The van der Waals surface area contributed by atoms with Crippen molar-refractivity contribution in [1.29, 1.82) is 0 Å². The zero-order valence-electron chi connectivity index (χ0n) is 13.8. The Hall–Kier alpha value is -3.68. The van der Waals surface area contributed by atoms with Gasteiger partial charge in [-0.25, -0.2) is 4.79 Å². The van der Waals surface area contributed by atoms with Gasteiger partial charge in [-0.05, 0) is 30.3 Å². The van der Waals surface area contributed by atoms with Crippen LogP contribution in [0.3, 0.4) is 0 Å². The molecule has 3 rings (SSSR count). The molecule has 0 aliphatic rings. The molecule has 0 unspecified atom stereocenters. The minimum Gasteiger partial charge on any atom is -0.497 e. The lowest BCUT2D eigenvalue weighted by atomic mass is 10.2. The van der Waals surface area contributed by atoms with Crippen LogP contribution in [0.5, 0.6) is 5.75 Å². The van der Waals surface area contributed by atoms with Gasteiger partial charge in [0.05, 0.1) is 12.6 Å². The van der Waals surface area contributed by atoms with Crippen molar-refractivity contribution in [3.05, 3.63) is 59.8 Å². The number of hydrogen-bond acceptors (Lipinski definition) is 6. The Balaban J connectivity index is 1.56. The topological polar surface area (TPSA) is 110 Å². The van der Waals surface area contributed by atoms with E-state index in [0.717, 1.165) is 0 Å². The highest BCUT2D eigenvalue weighted by atomic mass is 16.5. The quantitative estimate of drug-likeness (QED) is 0.675. The fourth-order valence-electron chi connectivity index (χ4n) is 2.30. The molecule has 2 N–H and O–H groups in total. The number of H-pyrrole nitrogens is 1. The van der Waals surface area contributed by atoms with Crippen LogP contribution in [0, 0.1) is 0 Å². The predicted molar refractivity (Wildman–Crippen MR) is 91.8 cm³/mol. The average molecular weight is 353 g/mol. The molecule has 1 heterocycles. The molecule has 0 fully saturated rings. The van der Waals surface area contributed by atoms with Crippen molar-refractivity contribution in [1.82, 2.24) is 15.5 Å². The molecule has 2 aromatic carbocycles. The molecule has 132 valence electrons. The van der Waals surface area contributed by atoms with Crippen LogP contribution in [0.15, 0.2) is 48.5 Å². The van der Waals surface area contributed by atoms with Crippen LogP contribution in [-0.4, -0.2) is 41.7 Å². The van der Waals surface area contributed by atoms with Gasteiger partial charge in [0.2, 0.25) is 0 Å². The first-order chi connectivity index (χ1) is 12.6. The summed E-state index contributed by atoms with van der Waals surface area (Å²) < 4.78 is 9.92. The van der Waals surface area contributed by atoms with Gasteiger partial charge in [-0.15, -0.1) is 0 Å². The summed E-state index contributed by atoms with van der Waals surface area (Å²) >= 11 is 0. The SMILES string of the molecule is COc1ccc(C(=O)NC(=O)COC(=O)c2n[nH]c3ccccc23)cc1. The summed E-state index contributed by atoms with van der Waals surface area (Å²) in [5.74, 6) is -1.50. The molecule has 0 atom stereocenters. The van der Waals surface area contributed by atoms with E-state index in [1.807, 2.05) is 0 Å². The smallest absolute Gasteiger partial charge is 0.359 e. The van der Waals surface area contributed by atoms with Gasteiger partial charge < -0.3 is 9.47 Å². The summed E-state index contributed by atoms with van der Waals surface area (Å²) in [7, 11) is 1.51. The van der Waals surface area contributed by atoms with Gasteiger partial charge in [0.25, 0.3) is 11.8 Å². The van der Waals surface area contributed by atoms with Crippen molar-refractivity contribution in [2.45, 2.75) is 0 Å². The fraction of sp³-hybridized carbons (Fsp3) is 0.111. The number of methoxy groups -OCH3 is 1. The first kappa shape index (κ1) is 17.2. The van der Waals surface area contributed by atoms with Gasteiger partial charge in [-0.3, -0.25) is 20.0 Å². The maximum Gasteiger partial charge on any atom is 0.359 e. The van der Waals surface area contributed by atoms with Crippen LogP contribution in [-0.2, 0) is 9.53 Å². The molecule has 0 saturated carbocycles. The summed E-state index contributed by atoms with van der Waals surface area (Å²) in [6, 6.07) is 13.3. The molecule has 8 nitrogen and oxygen atoms in total. The monoisotopic (exact) mass is 353 g/mol. The van der Waals surface area contributed by atoms with E-state index in [9.17, 15) is 14.4 Å². The van der Waals surface area contributed by atoms with E-state index in [0.29, 0.717) is 16.7 Å². The molecular formula is C18H15N3O5. The number of fused-ring (bicyclic) bond motifs is 1. The third kappa shape index (κ3) is 3.69. The zero-order chi connectivity index (χ0) is 18.5. The maximum atomic E-state index is 12.1. The van der Waals surface area contributed by atoms with Crippen LogP contribution < -0.4 is 10.1 Å². The molecular weight excluding hydrogens is 338 g/mol. The van der Waals surface area contributed by atoms with Crippen LogP contribution in [0.25, 0.3) is 10.9 Å². The lowest BCUT2D eigenvalue weighted by Gasteiger charge is -2.06. The first-order valence-corrected chi connectivity index (χ1v) is 7.67. The highest BCUT2D eigenvalue weighted by Gasteiger charge is 2.18. The average Bonchev–Trinajstić information content (AvgIpc) is 3.10. The second-order valence-electron chi connectivity index (χ2n) is 5.30. The number of nitrogens with one attached hydrogen (secondary N) is 2. The van der Waals surface area contributed by atoms with Gasteiger partial charge in [0, 0.05) is 10.9 Å². The van der Waals surface area contributed by atoms with E-state index in [1.165, 1.54) is 19.2 Å². The molecule has 0 bridgehead atoms. The maximum absolute atomic E-state index is 12.1. The highest BCUT2D eigenvalue weighted by Crippen LogP contribution is 2.15. The van der Waals surface area contributed by atoms with E-state index in [4.69, 9.17) is 9.47 Å². The summed E-state index contributed by atoms with van der Waals surface area (Å²) in [5.41, 5.74) is 1.04. The number of ether oxygens (including phenoxy) is 2. The number of imide groups is 1. The van der Waals surface area contributed by atoms with Gasteiger partial charge in [-0.1, -0.05) is 18.2 Å². The minimum atomic E-state index is -0.755. The van der Waals surface area contributed by atoms with E-state index in [-0.39, 0.29) is 11.3 Å². The summed E-state index contributed by atoms with van der Waals surface area (Å²) in [4.78, 5) is 35.9. The van der Waals surface area contributed by atoms with Crippen LogP contribution >= 0.6 is 0 Å². The van der Waals surface area contributed by atoms with Crippen LogP contribution in [0.2, 0.25) is 0 Å². The Kier molecular flexibility index (Phi) is 4.93. The third-order valence-electron chi connectivity index (χ3n) is 3.60. The Morgan fingerprint density at radius 3 is 2.54 bits per heavy atom. The molecule has 0 radical (unpaired) electrons. The Morgan fingerprint density at radius 1 is 1.08 bits per heavy atom. The Morgan fingerprint density at radius 2 is 1.81 bits per heavy atom.